The first-order valence-corrected chi connectivity index (χ1v) is 4.86. The van der Waals surface area contributed by atoms with Crippen LogP contribution in [0.1, 0.15) is 6.42 Å². The van der Waals surface area contributed by atoms with Crippen molar-refractivity contribution < 1.29 is 4.74 Å². The number of ether oxygens (including phenoxy) is 1. The van der Waals surface area contributed by atoms with Gasteiger partial charge in [-0.2, -0.15) is 0 Å². The van der Waals surface area contributed by atoms with Crippen molar-refractivity contribution in [2.75, 3.05) is 13.7 Å². The predicted octanol–water partition coefficient (Wildman–Crippen LogP) is 0.533. The molecule has 80 valence electrons. The topological polar surface area (TPSA) is 48.5 Å². The minimum atomic E-state index is -0.0956. The maximum atomic E-state index is 11.7. The molecule has 0 N–H and O–H groups in total. The number of fused-ring (bicyclic) bond motifs is 1. The lowest BCUT2D eigenvalue weighted by molar-refractivity contribution is 0.188. The highest BCUT2D eigenvalue weighted by molar-refractivity contribution is 5.35. The summed E-state index contributed by atoms with van der Waals surface area (Å²) in [6.07, 6.45) is 2.51. The molecule has 0 atom stereocenters. The number of pyridine rings is 1. The van der Waals surface area contributed by atoms with E-state index in [0.29, 0.717) is 18.8 Å². The zero-order valence-electron chi connectivity index (χ0n) is 8.59. The van der Waals surface area contributed by atoms with Crippen LogP contribution in [-0.2, 0) is 11.3 Å². The van der Waals surface area contributed by atoms with Crippen molar-refractivity contribution in [2.45, 2.75) is 13.0 Å². The van der Waals surface area contributed by atoms with E-state index in [1.807, 2.05) is 18.2 Å². The molecule has 5 heteroatoms. The zero-order chi connectivity index (χ0) is 10.7. The number of aromatic nitrogens is 3. The summed E-state index contributed by atoms with van der Waals surface area (Å²) in [4.78, 5) is 11.7. The molecule has 0 unspecified atom stereocenters. The summed E-state index contributed by atoms with van der Waals surface area (Å²) < 4.78 is 7.93. The summed E-state index contributed by atoms with van der Waals surface area (Å²) in [6, 6.07) is 5.49. The van der Waals surface area contributed by atoms with Gasteiger partial charge in [0.15, 0.2) is 5.65 Å². The second kappa shape index (κ2) is 4.27. The van der Waals surface area contributed by atoms with Crippen molar-refractivity contribution in [1.82, 2.24) is 14.2 Å². The molecule has 0 fully saturated rings. The van der Waals surface area contributed by atoms with Crippen molar-refractivity contribution in [3.8, 4) is 0 Å². The van der Waals surface area contributed by atoms with Crippen LogP contribution in [0.5, 0.6) is 0 Å². The number of aryl methyl sites for hydroxylation is 1. The monoisotopic (exact) mass is 207 g/mol. The van der Waals surface area contributed by atoms with Gasteiger partial charge >= 0.3 is 5.69 Å². The van der Waals surface area contributed by atoms with Crippen LogP contribution in [0.4, 0.5) is 0 Å². The SMILES string of the molecule is COCCCn1nc2ccccn2c1=O. The van der Waals surface area contributed by atoms with Crippen LogP contribution in [0.25, 0.3) is 5.65 Å². The Hall–Kier alpha value is -1.62. The molecular formula is C10H13N3O2. The Morgan fingerprint density at radius 3 is 3.07 bits per heavy atom. The summed E-state index contributed by atoms with van der Waals surface area (Å²) in [5, 5.41) is 4.20. The average molecular weight is 207 g/mol. The van der Waals surface area contributed by atoms with Gasteiger partial charge < -0.3 is 4.74 Å². The molecule has 0 amide bonds. The Labute approximate surface area is 86.9 Å². The highest BCUT2D eigenvalue weighted by Crippen LogP contribution is 1.95. The summed E-state index contributed by atoms with van der Waals surface area (Å²) in [5.74, 6) is 0. The van der Waals surface area contributed by atoms with Gasteiger partial charge in [0.05, 0.1) is 0 Å². The fourth-order valence-corrected chi connectivity index (χ4v) is 1.47. The van der Waals surface area contributed by atoms with Crippen molar-refractivity contribution in [2.24, 2.45) is 0 Å². The first kappa shape index (κ1) is 9.92. The summed E-state index contributed by atoms with van der Waals surface area (Å²) in [5.41, 5.74) is 0.585. The van der Waals surface area contributed by atoms with Crippen LogP contribution >= 0.6 is 0 Å². The molecular weight excluding hydrogens is 194 g/mol. The molecule has 5 nitrogen and oxygen atoms in total. The van der Waals surface area contributed by atoms with Gasteiger partial charge in [-0.05, 0) is 18.6 Å². The smallest absolute Gasteiger partial charge is 0.350 e. The van der Waals surface area contributed by atoms with E-state index < -0.39 is 0 Å². The van der Waals surface area contributed by atoms with E-state index in [2.05, 4.69) is 5.10 Å². The van der Waals surface area contributed by atoms with E-state index in [9.17, 15) is 4.79 Å². The lowest BCUT2D eigenvalue weighted by Crippen LogP contribution is -2.21. The van der Waals surface area contributed by atoms with E-state index >= 15 is 0 Å². The maximum absolute atomic E-state index is 11.7. The predicted molar refractivity (Wildman–Crippen MR) is 55.9 cm³/mol. The van der Waals surface area contributed by atoms with Crippen molar-refractivity contribution in [1.29, 1.82) is 0 Å². The molecule has 0 bridgehead atoms. The normalized spacial score (nSPS) is 11.0. The molecule has 15 heavy (non-hydrogen) atoms. The van der Waals surface area contributed by atoms with Crippen LogP contribution < -0.4 is 5.69 Å². The third-order valence-electron chi connectivity index (χ3n) is 2.21. The number of methoxy groups -OCH3 is 1. The fraction of sp³-hybridized carbons (Fsp3) is 0.400. The van der Waals surface area contributed by atoms with E-state index in [1.54, 1.807) is 13.3 Å². The summed E-state index contributed by atoms with van der Waals surface area (Å²) >= 11 is 0. The number of hydrogen-bond acceptors (Lipinski definition) is 3. The molecule has 2 aromatic heterocycles. The van der Waals surface area contributed by atoms with Crippen molar-refractivity contribution in [3.05, 3.63) is 34.9 Å². The van der Waals surface area contributed by atoms with Gasteiger partial charge in [0, 0.05) is 26.5 Å². The Bertz CT molecular complexity index is 501. The number of nitrogens with zero attached hydrogens (tertiary/aromatic N) is 3. The number of hydrogen-bond donors (Lipinski definition) is 0. The molecule has 2 aromatic rings. The highest BCUT2D eigenvalue weighted by atomic mass is 16.5. The van der Waals surface area contributed by atoms with Gasteiger partial charge in [0.1, 0.15) is 0 Å². The molecule has 2 rings (SSSR count). The van der Waals surface area contributed by atoms with Gasteiger partial charge in [-0.15, -0.1) is 5.10 Å². The fourth-order valence-electron chi connectivity index (χ4n) is 1.47. The highest BCUT2D eigenvalue weighted by Gasteiger charge is 2.04. The van der Waals surface area contributed by atoms with Gasteiger partial charge in [0.2, 0.25) is 0 Å². The molecule has 0 aromatic carbocycles. The minimum absolute atomic E-state index is 0.0956. The standard InChI is InChI=1S/C10H13N3O2/c1-15-8-4-7-13-10(14)12-6-3-2-5-9(12)11-13/h2-3,5-6H,4,7-8H2,1H3. The average Bonchev–Trinajstić information content (AvgIpc) is 2.57. The molecule has 2 heterocycles. The third-order valence-corrected chi connectivity index (χ3v) is 2.21. The molecule has 0 saturated heterocycles. The molecule has 0 aliphatic carbocycles. The Morgan fingerprint density at radius 2 is 2.33 bits per heavy atom. The van der Waals surface area contributed by atoms with Gasteiger partial charge in [-0.3, -0.25) is 4.40 Å². The van der Waals surface area contributed by atoms with Crippen LogP contribution in [0.15, 0.2) is 29.2 Å². The quantitative estimate of drug-likeness (QED) is 0.687. The summed E-state index contributed by atoms with van der Waals surface area (Å²) in [7, 11) is 1.65. The van der Waals surface area contributed by atoms with Gasteiger partial charge in [-0.1, -0.05) is 6.07 Å². The van der Waals surface area contributed by atoms with Crippen LogP contribution in [0, 0.1) is 0 Å². The second-order valence-corrected chi connectivity index (χ2v) is 3.28. The molecule has 0 saturated carbocycles. The first-order chi connectivity index (χ1) is 7.33. The van der Waals surface area contributed by atoms with Crippen LogP contribution in [0.2, 0.25) is 0 Å². The molecule has 0 aliphatic heterocycles. The Balaban J connectivity index is 2.28. The zero-order valence-corrected chi connectivity index (χ0v) is 8.59. The van der Waals surface area contributed by atoms with Gasteiger partial charge in [0.25, 0.3) is 0 Å². The molecule has 0 aliphatic rings. The molecule has 0 spiro atoms. The van der Waals surface area contributed by atoms with Crippen molar-refractivity contribution in [3.63, 3.8) is 0 Å². The van der Waals surface area contributed by atoms with Crippen LogP contribution in [0.3, 0.4) is 0 Å². The largest absolute Gasteiger partial charge is 0.385 e. The lowest BCUT2D eigenvalue weighted by Gasteiger charge is -1.97. The summed E-state index contributed by atoms with van der Waals surface area (Å²) in [6.45, 7) is 1.23. The first-order valence-electron chi connectivity index (χ1n) is 4.86. The van der Waals surface area contributed by atoms with Gasteiger partial charge in [-0.25, -0.2) is 9.48 Å². The lowest BCUT2D eigenvalue weighted by atomic mass is 10.4. The van der Waals surface area contributed by atoms with E-state index in [4.69, 9.17) is 4.74 Å². The Kier molecular flexibility index (Phi) is 2.82. The van der Waals surface area contributed by atoms with Crippen LogP contribution in [-0.4, -0.2) is 27.9 Å². The van der Waals surface area contributed by atoms with Crippen molar-refractivity contribution >= 4 is 5.65 Å². The molecule has 0 radical (unpaired) electrons. The number of rotatable bonds is 4. The van der Waals surface area contributed by atoms with E-state index in [-0.39, 0.29) is 5.69 Å². The minimum Gasteiger partial charge on any atom is -0.385 e. The second-order valence-electron chi connectivity index (χ2n) is 3.28. The van der Waals surface area contributed by atoms with E-state index in [1.165, 1.54) is 9.08 Å². The maximum Gasteiger partial charge on any atom is 0.350 e. The third kappa shape index (κ3) is 1.92. The Morgan fingerprint density at radius 1 is 1.47 bits per heavy atom. The van der Waals surface area contributed by atoms with E-state index in [0.717, 1.165) is 6.42 Å².